The molecule has 1 aliphatic rings. The number of rotatable bonds is 1. The third-order valence-corrected chi connectivity index (χ3v) is 3.54. The molecule has 1 aliphatic heterocycles. The Morgan fingerprint density at radius 2 is 2.11 bits per heavy atom. The number of aryl methyl sites for hydroxylation is 1. The van der Waals surface area contributed by atoms with Crippen LogP contribution in [0.25, 0.3) is 10.8 Å². The van der Waals surface area contributed by atoms with E-state index in [2.05, 4.69) is 23.1 Å². The summed E-state index contributed by atoms with van der Waals surface area (Å²) in [5.74, 6) is 0.151. The quantitative estimate of drug-likeness (QED) is 0.723. The summed E-state index contributed by atoms with van der Waals surface area (Å²) in [7, 11) is 1.92. The second-order valence-electron chi connectivity index (χ2n) is 4.53. The highest BCUT2D eigenvalue weighted by atomic mass is 35.5. The summed E-state index contributed by atoms with van der Waals surface area (Å²) in [6.07, 6.45) is 5.78. The number of hydrogen-bond acceptors (Lipinski definition) is 2. The topological polar surface area (TPSA) is 28.3 Å². The minimum atomic E-state index is 0.151. The highest BCUT2D eigenvalue weighted by molar-refractivity contribution is 6.35. The summed E-state index contributed by atoms with van der Waals surface area (Å²) in [6, 6.07) is 6.05. The molecule has 0 fully saturated rings. The molecule has 2 aromatic rings. The molecule has 0 amide bonds. The van der Waals surface area contributed by atoms with Crippen LogP contribution in [0.2, 0.25) is 5.02 Å². The van der Waals surface area contributed by atoms with E-state index in [9.17, 15) is 0 Å². The van der Waals surface area contributed by atoms with Gasteiger partial charge in [0.25, 0.3) is 0 Å². The number of pyridine rings is 1. The lowest BCUT2D eigenvalue weighted by Gasteiger charge is -2.07. The van der Waals surface area contributed by atoms with Crippen molar-refractivity contribution in [2.24, 2.45) is 5.10 Å². The van der Waals surface area contributed by atoms with Gasteiger partial charge in [-0.15, -0.1) is 0 Å². The minimum Gasteiger partial charge on any atom is -0.259 e. The fourth-order valence-electron chi connectivity index (χ4n) is 2.19. The van der Waals surface area contributed by atoms with Crippen LogP contribution < -0.4 is 0 Å². The summed E-state index contributed by atoms with van der Waals surface area (Å²) >= 11 is 6.18. The molecule has 0 spiro atoms. The van der Waals surface area contributed by atoms with Crippen molar-refractivity contribution in [3.05, 3.63) is 40.7 Å². The standard InChI is InChI=1S/C14H13ClN3/c1-9-3-4-13(15)12-7-16-14(5-11(9)12)10-6-17-18(2)8-10/h3-8,10H,1-2H3/q+1. The molecule has 1 aromatic carbocycles. The van der Waals surface area contributed by atoms with Gasteiger partial charge in [-0.25, -0.2) is 0 Å². The number of fused-ring (bicyclic) bond motifs is 1. The van der Waals surface area contributed by atoms with Crippen LogP contribution in [0.15, 0.2) is 29.5 Å². The molecular formula is C14H13ClN3+. The first-order valence-electron chi connectivity index (χ1n) is 5.82. The molecule has 3 rings (SSSR count). The second kappa shape index (κ2) is 4.18. The molecule has 2 heterocycles. The monoisotopic (exact) mass is 258 g/mol. The zero-order valence-electron chi connectivity index (χ0n) is 10.3. The van der Waals surface area contributed by atoms with Gasteiger partial charge in [0.1, 0.15) is 5.92 Å². The van der Waals surface area contributed by atoms with E-state index in [1.54, 1.807) is 4.68 Å². The van der Waals surface area contributed by atoms with Crippen LogP contribution in [-0.4, -0.2) is 29.1 Å². The first-order valence-corrected chi connectivity index (χ1v) is 6.19. The lowest BCUT2D eigenvalue weighted by atomic mass is 10.0. The van der Waals surface area contributed by atoms with Gasteiger partial charge in [0.05, 0.1) is 11.9 Å². The summed E-state index contributed by atoms with van der Waals surface area (Å²) in [5.41, 5.74) is 2.21. The van der Waals surface area contributed by atoms with Gasteiger partial charge in [0.15, 0.2) is 13.3 Å². The van der Waals surface area contributed by atoms with Gasteiger partial charge in [-0.2, -0.15) is 0 Å². The van der Waals surface area contributed by atoms with Gasteiger partial charge in [0.2, 0.25) is 0 Å². The van der Waals surface area contributed by atoms with Crippen molar-refractivity contribution < 1.29 is 4.68 Å². The van der Waals surface area contributed by atoms with Gasteiger partial charge in [-0.05, 0) is 35.1 Å². The molecule has 0 N–H and O–H groups in total. The van der Waals surface area contributed by atoms with Crippen molar-refractivity contribution in [3.63, 3.8) is 0 Å². The molecule has 4 heteroatoms. The first-order chi connectivity index (χ1) is 8.65. The molecular weight excluding hydrogens is 246 g/mol. The predicted molar refractivity (Wildman–Crippen MR) is 75.0 cm³/mol. The summed E-state index contributed by atoms with van der Waals surface area (Å²) in [4.78, 5) is 4.49. The van der Waals surface area contributed by atoms with Crippen LogP contribution in [0.4, 0.5) is 0 Å². The Bertz CT molecular complexity index is 689. The maximum absolute atomic E-state index is 6.18. The number of nitrogens with zero attached hydrogens (tertiary/aromatic N) is 3. The van der Waals surface area contributed by atoms with E-state index < -0.39 is 0 Å². The van der Waals surface area contributed by atoms with E-state index in [0.717, 1.165) is 21.5 Å². The highest BCUT2D eigenvalue weighted by Gasteiger charge is 2.19. The van der Waals surface area contributed by atoms with E-state index in [-0.39, 0.29) is 5.92 Å². The van der Waals surface area contributed by atoms with E-state index in [4.69, 9.17) is 11.6 Å². The second-order valence-corrected chi connectivity index (χ2v) is 4.94. The van der Waals surface area contributed by atoms with Crippen LogP contribution in [0.1, 0.15) is 17.2 Å². The molecule has 0 bridgehead atoms. The average Bonchev–Trinajstić information content (AvgIpc) is 2.80. The average molecular weight is 259 g/mol. The Kier molecular flexibility index (Phi) is 2.63. The van der Waals surface area contributed by atoms with E-state index >= 15 is 0 Å². The van der Waals surface area contributed by atoms with Crippen LogP contribution >= 0.6 is 11.6 Å². The van der Waals surface area contributed by atoms with Gasteiger partial charge in [-0.3, -0.25) is 4.98 Å². The van der Waals surface area contributed by atoms with Crippen molar-refractivity contribution in [1.29, 1.82) is 0 Å². The largest absolute Gasteiger partial charge is 0.259 e. The molecule has 1 atom stereocenters. The Labute approximate surface area is 110 Å². The highest BCUT2D eigenvalue weighted by Crippen LogP contribution is 2.27. The molecule has 0 aliphatic carbocycles. The minimum absolute atomic E-state index is 0.151. The van der Waals surface area contributed by atoms with Crippen molar-refractivity contribution >= 4 is 34.8 Å². The van der Waals surface area contributed by atoms with Crippen molar-refractivity contribution in [2.45, 2.75) is 12.8 Å². The Morgan fingerprint density at radius 1 is 1.28 bits per heavy atom. The van der Waals surface area contributed by atoms with Crippen molar-refractivity contribution in [3.8, 4) is 0 Å². The normalized spacial score (nSPS) is 18.4. The number of hydrogen-bond donors (Lipinski definition) is 0. The molecule has 1 unspecified atom stereocenters. The van der Waals surface area contributed by atoms with Crippen LogP contribution in [0, 0.1) is 6.92 Å². The lowest BCUT2D eigenvalue weighted by Crippen LogP contribution is -2.03. The summed E-state index contributed by atoms with van der Waals surface area (Å²) in [6.45, 7) is 2.08. The van der Waals surface area contributed by atoms with Gasteiger partial charge in [-0.1, -0.05) is 22.4 Å². The number of aromatic nitrogens is 1. The number of halogens is 1. The van der Waals surface area contributed by atoms with E-state index in [0.29, 0.717) is 0 Å². The van der Waals surface area contributed by atoms with E-state index in [1.807, 2.05) is 37.8 Å². The maximum Gasteiger partial charge on any atom is 0.187 e. The van der Waals surface area contributed by atoms with Crippen LogP contribution in [0.3, 0.4) is 0 Å². The Balaban J connectivity index is 2.17. The molecule has 0 saturated heterocycles. The van der Waals surface area contributed by atoms with Crippen LogP contribution in [-0.2, 0) is 0 Å². The van der Waals surface area contributed by atoms with Crippen LogP contribution in [0.5, 0.6) is 0 Å². The van der Waals surface area contributed by atoms with Gasteiger partial charge >= 0.3 is 0 Å². The zero-order valence-corrected chi connectivity index (χ0v) is 11.0. The first kappa shape index (κ1) is 11.4. The Morgan fingerprint density at radius 3 is 2.83 bits per heavy atom. The van der Waals surface area contributed by atoms with E-state index in [1.165, 1.54) is 5.56 Å². The summed E-state index contributed by atoms with van der Waals surface area (Å²) < 4.78 is 1.81. The molecule has 1 aromatic heterocycles. The fraction of sp³-hybridized carbons (Fsp3) is 0.214. The molecule has 18 heavy (non-hydrogen) atoms. The molecule has 90 valence electrons. The number of benzene rings is 1. The van der Waals surface area contributed by atoms with Gasteiger partial charge < -0.3 is 0 Å². The number of hydrazone groups is 1. The molecule has 0 radical (unpaired) electrons. The van der Waals surface area contributed by atoms with Crippen molar-refractivity contribution in [2.75, 3.05) is 7.05 Å². The smallest absolute Gasteiger partial charge is 0.187 e. The third-order valence-electron chi connectivity index (χ3n) is 3.21. The Hall–Kier alpha value is -1.74. The van der Waals surface area contributed by atoms with Gasteiger partial charge in [0, 0.05) is 16.6 Å². The zero-order chi connectivity index (χ0) is 12.7. The molecule has 3 nitrogen and oxygen atoms in total. The van der Waals surface area contributed by atoms with Crippen molar-refractivity contribution in [1.82, 2.24) is 4.98 Å². The fourth-order valence-corrected chi connectivity index (χ4v) is 2.40. The SMILES string of the molecule is Cc1ccc(Cl)c2cnc(C3C=N[N+](C)=C3)cc12. The molecule has 0 saturated carbocycles. The summed E-state index contributed by atoms with van der Waals surface area (Å²) in [5, 5.41) is 7.11. The maximum atomic E-state index is 6.18. The lowest BCUT2D eigenvalue weighted by molar-refractivity contribution is -0.494. The predicted octanol–water partition coefficient (Wildman–Crippen LogP) is 2.99. The third kappa shape index (κ3) is 1.81.